The molecule has 2 aromatic carbocycles. The fourth-order valence-corrected chi connectivity index (χ4v) is 4.17. The van der Waals surface area contributed by atoms with E-state index in [2.05, 4.69) is 16.9 Å². The maximum atomic E-state index is 12.9. The monoisotopic (exact) mass is 427 g/mol. The van der Waals surface area contributed by atoms with E-state index in [0.29, 0.717) is 28.1 Å². The fourth-order valence-electron chi connectivity index (χ4n) is 2.85. The molecule has 5 nitrogen and oxygen atoms in total. The number of carbonyl (C=O) groups is 2. The average molecular weight is 428 g/mol. The van der Waals surface area contributed by atoms with E-state index in [1.54, 1.807) is 23.1 Å². The lowest BCUT2D eigenvalue weighted by atomic mass is 10.2. The number of aliphatic imine (C=N–C) groups is 1. The minimum Gasteiger partial charge on any atom is -0.326 e. The molecule has 1 aliphatic rings. The molecule has 0 aliphatic carbocycles. The molecule has 1 heterocycles. The topological polar surface area (TPSA) is 61.8 Å². The van der Waals surface area contributed by atoms with Gasteiger partial charge in [-0.2, -0.15) is 0 Å². The average Bonchev–Trinajstić information content (AvgIpc) is 2.95. The van der Waals surface area contributed by atoms with Gasteiger partial charge in [0.1, 0.15) is 5.25 Å². The van der Waals surface area contributed by atoms with E-state index in [1.165, 1.54) is 11.8 Å². The summed E-state index contributed by atoms with van der Waals surface area (Å²) >= 11 is 7.38. The van der Waals surface area contributed by atoms with Gasteiger partial charge in [-0.25, -0.2) is 4.99 Å². The Balaban J connectivity index is 1.76. The van der Waals surface area contributed by atoms with Crippen molar-refractivity contribution in [3.8, 4) is 0 Å². The first-order valence-electron chi connectivity index (χ1n) is 9.17. The summed E-state index contributed by atoms with van der Waals surface area (Å²) in [4.78, 5) is 31.5. The van der Waals surface area contributed by atoms with Crippen molar-refractivity contribution < 1.29 is 9.59 Å². The second-order valence-corrected chi connectivity index (χ2v) is 8.39. The van der Waals surface area contributed by atoms with E-state index >= 15 is 0 Å². The molecule has 150 valence electrons. The highest BCUT2D eigenvalue weighted by Crippen LogP contribution is 2.33. The maximum Gasteiger partial charge on any atom is 0.242 e. The smallest absolute Gasteiger partial charge is 0.242 e. The van der Waals surface area contributed by atoms with Crippen LogP contribution in [0.5, 0.6) is 0 Å². The summed E-state index contributed by atoms with van der Waals surface area (Å²) in [6.07, 6.45) is 1.71. The molecule has 0 unspecified atom stereocenters. The minimum absolute atomic E-state index is 0.0680. The van der Waals surface area contributed by atoms with Gasteiger partial charge in [-0.15, -0.1) is 6.58 Å². The molecule has 0 saturated carbocycles. The van der Waals surface area contributed by atoms with Gasteiger partial charge in [0.25, 0.3) is 0 Å². The lowest BCUT2D eigenvalue weighted by molar-refractivity contribution is -0.127. The fraction of sp³-hybridized carbons (Fsp3) is 0.227. The maximum absolute atomic E-state index is 12.9. The zero-order valence-electron chi connectivity index (χ0n) is 16.3. The molecular weight excluding hydrogens is 406 g/mol. The molecule has 0 aromatic heterocycles. The number of anilines is 1. The molecule has 1 N–H and O–H groups in total. The van der Waals surface area contributed by atoms with Gasteiger partial charge < -0.3 is 5.32 Å². The highest BCUT2D eigenvalue weighted by Gasteiger charge is 2.38. The molecule has 1 atom stereocenters. The van der Waals surface area contributed by atoms with Gasteiger partial charge in [0, 0.05) is 23.7 Å². The van der Waals surface area contributed by atoms with Crippen molar-refractivity contribution in [1.29, 1.82) is 0 Å². The molecule has 1 aliphatic heterocycles. The first kappa shape index (κ1) is 21.1. The number of aryl methyl sites for hydroxylation is 2. The van der Waals surface area contributed by atoms with Crippen LogP contribution in [0.4, 0.5) is 11.4 Å². The number of amidine groups is 1. The van der Waals surface area contributed by atoms with Crippen LogP contribution in [0.15, 0.2) is 60.1 Å². The highest BCUT2D eigenvalue weighted by atomic mass is 35.5. The van der Waals surface area contributed by atoms with E-state index in [9.17, 15) is 9.59 Å². The molecule has 7 heteroatoms. The summed E-state index contributed by atoms with van der Waals surface area (Å²) < 4.78 is 0. The lowest BCUT2D eigenvalue weighted by Gasteiger charge is -2.14. The zero-order valence-corrected chi connectivity index (χ0v) is 17.9. The number of thioether (sulfide) groups is 1. The number of carbonyl (C=O) groups excluding carboxylic acids is 2. The Morgan fingerprint density at radius 3 is 2.69 bits per heavy atom. The Hall–Kier alpha value is -2.57. The highest BCUT2D eigenvalue weighted by molar-refractivity contribution is 8.15. The first-order valence-corrected chi connectivity index (χ1v) is 10.4. The van der Waals surface area contributed by atoms with Crippen LogP contribution in [0.3, 0.4) is 0 Å². The van der Waals surface area contributed by atoms with E-state index in [1.807, 2.05) is 44.2 Å². The molecule has 2 aromatic rings. The Bertz CT molecular complexity index is 973. The van der Waals surface area contributed by atoms with Crippen molar-refractivity contribution in [3.63, 3.8) is 0 Å². The Morgan fingerprint density at radius 2 is 2.00 bits per heavy atom. The summed E-state index contributed by atoms with van der Waals surface area (Å²) in [6.45, 7) is 7.97. The lowest BCUT2D eigenvalue weighted by Crippen LogP contribution is -2.33. The summed E-state index contributed by atoms with van der Waals surface area (Å²) in [5.41, 5.74) is 3.48. The van der Waals surface area contributed by atoms with Gasteiger partial charge in [-0.05, 0) is 43.7 Å². The Kier molecular flexibility index (Phi) is 6.77. The van der Waals surface area contributed by atoms with Crippen molar-refractivity contribution in [2.45, 2.75) is 25.5 Å². The van der Waals surface area contributed by atoms with Crippen LogP contribution in [0.2, 0.25) is 5.02 Å². The van der Waals surface area contributed by atoms with Crippen LogP contribution in [0, 0.1) is 13.8 Å². The van der Waals surface area contributed by atoms with E-state index in [4.69, 9.17) is 11.6 Å². The number of nitrogens with one attached hydrogen (secondary N) is 1. The molecular formula is C22H22ClN3O2S. The first-order chi connectivity index (χ1) is 13.9. The third kappa shape index (κ3) is 5.28. The van der Waals surface area contributed by atoms with Crippen LogP contribution in [0.25, 0.3) is 0 Å². The molecule has 3 rings (SSSR count). The third-order valence-electron chi connectivity index (χ3n) is 4.43. The molecule has 1 fully saturated rings. The second kappa shape index (κ2) is 9.29. The van der Waals surface area contributed by atoms with Crippen molar-refractivity contribution in [3.05, 3.63) is 71.3 Å². The van der Waals surface area contributed by atoms with E-state index in [-0.39, 0.29) is 18.2 Å². The van der Waals surface area contributed by atoms with Crippen LogP contribution >= 0.6 is 23.4 Å². The van der Waals surface area contributed by atoms with Crippen LogP contribution in [0.1, 0.15) is 17.5 Å². The number of hydrogen-bond acceptors (Lipinski definition) is 4. The van der Waals surface area contributed by atoms with Gasteiger partial charge in [-0.3, -0.25) is 14.5 Å². The van der Waals surface area contributed by atoms with Gasteiger partial charge in [0.05, 0.1) is 5.69 Å². The molecule has 0 spiro atoms. The molecule has 0 bridgehead atoms. The standard InChI is InChI=1S/C22H22ClN3O2S/c1-4-11-26-21(28)19(13-20(27)24-17-9-5-14(2)6-10-17)29-22(26)25-18-12-16(23)8-7-15(18)3/h4-10,12,19H,1,11,13H2,2-3H3,(H,24,27)/t19-/m1/s1. The van der Waals surface area contributed by atoms with Crippen molar-refractivity contribution >= 4 is 51.7 Å². The van der Waals surface area contributed by atoms with Crippen LogP contribution in [-0.4, -0.2) is 33.7 Å². The predicted octanol–water partition coefficient (Wildman–Crippen LogP) is 5.10. The number of nitrogens with zero attached hydrogens (tertiary/aromatic N) is 2. The van der Waals surface area contributed by atoms with Gasteiger partial charge >= 0.3 is 0 Å². The number of amides is 2. The normalized spacial score (nSPS) is 17.6. The predicted molar refractivity (Wildman–Crippen MR) is 121 cm³/mol. The Labute approximate surface area is 179 Å². The molecule has 1 saturated heterocycles. The number of rotatable bonds is 6. The molecule has 29 heavy (non-hydrogen) atoms. The summed E-state index contributed by atoms with van der Waals surface area (Å²) in [5.74, 6) is -0.356. The van der Waals surface area contributed by atoms with E-state index in [0.717, 1.165) is 11.1 Å². The van der Waals surface area contributed by atoms with Gasteiger partial charge in [-0.1, -0.05) is 53.2 Å². The summed E-state index contributed by atoms with van der Waals surface area (Å²) in [6, 6.07) is 13.0. The van der Waals surface area contributed by atoms with Gasteiger partial charge in [0.2, 0.25) is 11.8 Å². The third-order valence-corrected chi connectivity index (χ3v) is 5.84. The van der Waals surface area contributed by atoms with Crippen molar-refractivity contribution in [2.24, 2.45) is 4.99 Å². The summed E-state index contributed by atoms with van der Waals surface area (Å²) in [5, 5.41) is 3.44. The largest absolute Gasteiger partial charge is 0.326 e. The number of benzene rings is 2. The molecule has 2 amide bonds. The van der Waals surface area contributed by atoms with Crippen LogP contribution < -0.4 is 5.32 Å². The minimum atomic E-state index is -0.529. The molecule has 0 radical (unpaired) electrons. The SMILES string of the molecule is C=CCN1C(=O)[C@@H](CC(=O)Nc2ccc(C)cc2)SC1=Nc1cc(Cl)ccc1C. The quantitative estimate of drug-likeness (QED) is 0.652. The van der Waals surface area contributed by atoms with Crippen molar-refractivity contribution in [1.82, 2.24) is 4.90 Å². The van der Waals surface area contributed by atoms with Gasteiger partial charge in [0.15, 0.2) is 5.17 Å². The number of hydrogen-bond donors (Lipinski definition) is 1. The number of halogens is 1. The Morgan fingerprint density at radius 1 is 1.28 bits per heavy atom. The zero-order chi connectivity index (χ0) is 21.0. The summed E-state index contributed by atoms with van der Waals surface area (Å²) in [7, 11) is 0. The van der Waals surface area contributed by atoms with Crippen molar-refractivity contribution in [2.75, 3.05) is 11.9 Å². The second-order valence-electron chi connectivity index (χ2n) is 6.79. The van der Waals surface area contributed by atoms with E-state index < -0.39 is 5.25 Å². The van der Waals surface area contributed by atoms with Crippen LogP contribution in [-0.2, 0) is 9.59 Å².